The van der Waals surface area contributed by atoms with Crippen LogP contribution in [0.15, 0.2) is 11.6 Å². The maximum absolute atomic E-state index is 12.4. The van der Waals surface area contributed by atoms with E-state index in [1.54, 1.807) is 0 Å². The normalized spacial score (nSPS) is 28.5. The first-order chi connectivity index (χ1) is 8.59. The van der Waals surface area contributed by atoms with E-state index < -0.39 is 0 Å². The van der Waals surface area contributed by atoms with Crippen molar-refractivity contribution in [2.45, 2.75) is 58.0 Å². The van der Waals surface area contributed by atoms with Gasteiger partial charge in [0.25, 0.3) is 5.91 Å². The van der Waals surface area contributed by atoms with Crippen LogP contribution in [0, 0.1) is 0 Å². The minimum absolute atomic E-state index is 0.157. The van der Waals surface area contributed by atoms with Gasteiger partial charge in [0, 0.05) is 18.7 Å². The summed E-state index contributed by atoms with van der Waals surface area (Å²) in [7, 11) is 2.12. The largest absolute Gasteiger partial charge is 0.317 e. The summed E-state index contributed by atoms with van der Waals surface area (Å²) in [5.74, 6) is 0.278. The van der Waals surface area contributed by atoms with Gasteiger partial charge in [-0.1, -0.05) is 26.2 Å². The molecule has 1 fully saturated rings. The number of rotatable bonds is 5. The molecule has 3 nitrogen and oxygen atoms in total. The lowest BCUT2D eigenvalue weighted by atomic mass is 10.0. The van der Waals surface area contributed by atoms with Crippen LogP contribution in [-0.4, -0.2) is 41.5 Å². The Morgan fingerprint density at radius 1 is 1.28 bits per heavy atom. The summed E-state index contributed by atoms with van der Waals surface area (Å²) >= 11 is 0. The average molecular weight is 250 g/mol. The molecule has 1 unspecified atom stereocenters. The number of hydrogen-bond donors (Lipinski definition) is 0. The molecule has 0 radical (unpaired) electrons. The smallest absolute Gasteiger partial charge is 0.251 e. The molecule has 0 N–H and O–H groups in total. The van der Waals surface area contributed by atoms with Crippen molar-refractivity contribution in [1.29, 1.82) is 0 Å². The summed E-state index contributed by atoms with van der Waals surface area (Å²) in [6, 6.07) is 0. The molecule has 0 aromatic heterocycles. The van der Waals surface area contributed by atoms with E-state index in [2.05, 4.69) is 31.9 Å². The van der Waals surface area contributed by atoms with E-state index in [9.17, 15) is 4.79 Å². The molecule has 0 spiro atoms. The lowest BCUT2D eigenvalue weighted by molar-refractivity contribution is -0.137. The Hall–Kier alpha value is -0.830. The topological polar surface area (TPSA) is 23.6 Å². The van der Waals surface area contributed by atoms with Crippen LogP contribution in [0.1, 0.15) is 52.4 Å². The van der Waals surface area contributed by atoms with Crippen LogP contribution in [0.3, 0.4) is 0 Å². The van der Waals surface area contributed by atoms with Gasteiger partial charge >= 0.3 is 0 Å². The predicted octanol–water partition coefficient (Wildman–Crippen LogP) is 2.78. The summed E-state index contributed by atoms with van der Waals surface area (Å²) in [6.45, 7) is 6.38. The van der Waals surface area contributed by atoms with Crippen LogP contribution in [0.4, 0.5) is 0 Å². The Morgan fingerprint density at radius 2 is 2.06 bits per heavy atom. The number of fused-ring (bicyclic) bond motifs is 1. The highest BCUT2D eigenvalue weighted by Crippen LogP contribution is 2.35. The first-order valence-corrected chi connectivity index (χ1v) is 7.34. The molecule has 1 amide bonds. The Bertz CT molecular complexity index is 350. The number of likely N-dealkylation sites (N-methyl/N-ethyl adjacent to an activating group) is 1. The molecule has 0 bridgehead atoms. The first kappa shape index (κ1) is 13.6. The monoisotopic (exact) mass is 250 g/mol. The van der Waals surface area contributed by atoms with Crippen molar-refractivity contribution < 1.29 is 4.79 Å². The molecule has 2 rings (SSSR count). The van der Waals surface area contributed by atoms with Gasteiger partial charge in [0.2, 0.25) is 0 Å². The first-order valence-electron chi connectivity index (χ1n) is 7.34. The van der Waals surface area contributed by atoms with Gasteiger partial charge in [0.1, 0.15) is 5.66 Å². The minimum Gasteiger partial charge on any atom is -0.317 e. The van der Waals surface area contributed by atoms with E-state index in [0.717, 1.165) is 37.9 Å². The van der Waals surface area contributed by atoms with Gasteiger partial charge in [-0.15, -0.1) is 0 Å². The van der Waals surface area contributed by atoms with Gasteiger partial charge in [-0.3, -0.25) is 9.69 Å². The van der Waals surface area contributed by atoms with Crippen molar-refractivity contribution >= 4 is 5.91 Å². The highest BCUT2D eigenvalue weighted by molar-refractivity contribution is 5.97. The zero-order valence-corrected chi connectivity index (χ0v) is 12.0. The van der Waals surface area contributed by atoms with E-state index in [0.29, 0.717) is 0 Å². The second kappa shape index (κ2) is 5.43. The molecule has 102 valence electrons. The zero-order valence-electron chi connectivity index (χ0n) is 12.0. The molecule has 2 aliphatic heterocycles. The molecule has 0 saturated carbocycles. The van der Waals surface area contributed by atoms with Gasteiger partial charge in [0.15, 0.2) is 0 Å². The Kier molecular flexibility index (Phi) is 4.10. The van der Waals surface area contributed by atoms with Crippen molar-refractivity contribution in [2.75, 3.05) is 20.1 Å². The van der Waals surface area contributed by atoms with Gasteiger partial charge in [-0.05, 0) is 39.3 Å². The third kappa shape index (κ3) is 2.33. The molecule has 1 saturated heterocycles. The van der Waals surface area contributed by atoms with Crippen LogP contribution >= 0.6 is 0 Å². The van der Waals surface area contributed by atoms with E-state index in [1.807, 2.05) is 4.90 Å². The highest BCUT2D eigenvalue weighted by Gasteiger charge is 2.45. The number of hydrogen-bond acceptors (Lipinski definition) is 2. The Labute approximate surface area is 111 Å². The average Bonchev–Trinajstić information content (AvgIpc) is 2.60. The van der Waals surface area contributed by atoms with Gasteiger partial charge in [-0.2, -0.15) is 0 Å². The van der Waals surface area contributed by atoms with E-state index in [4.69, 9.17) is 0 Å². The molecule has 2 aliphatic rings. The van der Waals surface area contributed by atoms with Gasteiger partial charge in [0.05, 0.1) is 0 Å². The number of nitrogens with zero attached hydrogens (tertiary/aromatic N) is 2. The number of amides is 1. The maximum atomic E-state index is 12.4. The van der Waals surface area contributed by atoms with Gasteiger partial charge < -0.3 is 4.90 Å². The molecule has 1 atom stereocenters. The molecular weight excluding hydrogens is 224 g/mol. The zero-order chi connectivity index (χ0) is 13.2. The maximum Gasteiger partial charge on any atom is 0.251 e. The second-order valence-corrected chi connectivity index (χ2v) is 5.81. The minimum atomic E-state index is -0.157. The standard InChI is InChI=1S/C15H26N2O/c1-4-5-6-7-9-13-12-15(2)16(3)10-8-11-17(15)14(13)18/h12H,4-11H2,1-3H3. The predicted molar refractivity (Wildman–Crippen MR) is 74.2 cm³/mol. The van der Waals surface area contributed by atoms with Crippen LogP contribution < -0.4 is 0 Å². The molecule has 18 heavy (non-hydrogen) atoms. The van der Waals surface area contributed by atoms with Crippen molar-refractivity contribution in [3.63, 3.8) is 0 Å². The summed E-state index contributed by atoms with van der Waals surface area (Å²) in [5.41, 5.74) is 0.887. The summed E-state index contributed by atoms with van der Waals surface area (Å²) < 4.78 is 0. The van der Waals surface area contributed by atoms with E-state index in [1.165, 1.54) is 19.3 Å². The highest BCUT2D eigenvalue weighted by atomic mass is 16.2. The Morgan fingerprint density at radius 3 is 2.72 bits per heavy atom. The summed E-state index contributed by atoms with van der Waals surface area (Å²) in [4.78, 5) is 16.7. The fourth-order valence-electron chi connectivity index (χ4n) is 3.11. The quantitative estimate of drug-likeness (QED) is 0.701. The van der Waals surface area contributed by atoms with Gasteiger partial charge in [-0.25, -0.2) is 0 Å². The Balaban J connectivity index is 2.01. The van der Waals surface area contributed by atoms with Crippen LogP contribution in [0.2, 0.25) is 0 Å². The lowest BCUT2D eigenvalue weighted by Gasteiger charge is -2.46. The molecule has 0 aliphatic carbocycles. The van der Waals surface area contributed by atoms with Crippen LogP contribution in [0.5, 0.6) is 0 Å². The third-order valence-electron chi connectivity index (χ3n) is 4.46. The van der Waals surface area contributed by atoms with Crippen molar-refractivity contribution in [2.24, 2.45) is 0 Å². The SMILES string of the molecule is CCCCCCC1=CC2(C)N(C)CCCN2C1=O. The number of carbonyl (C=O) groups excluding carboxylic acids is 1. The summed E-state index contributed by atoms with van der Waals surface area (Å²) in [6.07, 6.45) is 9.18. The number of unbranched alkanes of at least 4 members (excludes halogenated alkanes) is 3. The fourth-order valence-corrected chi connectivity index (χ4v) is 3.11. The lowest BCUT2D eigenvalue weighted by Crippen LogP contribution is -2.59. The van der Waals surface area contributed by atoms with Crippen molar-refractivity contribution in [3.05, 3.63) is 11.6 Å². The molecule has 0 aromatic rings. The second-order valence-electron chi connectivity index (χ2n) is 5.81. The van der Waals surface area contributed by atoms with Crippen molar-refractivity contribution in [3.8, 4) is 0 Å². The molecular formula is C15H26N2O. The van der Waals surface area contributed by atoms with E-state index >= 15 is 0 Å². The van der Waals surface area contributed by atoms with E-state index in [-0.39, 0.29) is 11.6 Å². The molecule has 2 heterocycles. The molecule has 0 aromatic carbocycles. The van der Waals surface area contributed by atoms with Crippen LogP contribution in [-0.2, 0) is 4.79 Å². The number of carbonyl (C=O) groups is 1. The molecule has 3 heteroatoms. The van der Waals surface area contributed by atoms with Crippen LogP contribution in [0.25, 0.3) is 0 Å². The van der Waals surface area contributed by atoms with Crippen molar-refractivity contribution in [1.82, 2.24) is 9.80 Å². The summed E-state index contributed by atoms with van der Waals surface area (Å²) in [5, 5.41) is 0. The third-order valence-corrected chi connectivity index (χ3v) is 4.46. The fraction of sp³-hybridized carbons (Fsp3) is 0.800.